The van der Waals surface area contributed by atoms with Gasteiger partial charge in [0.1, 0.15) is 11.9 Å². The van der Waals surface area contributed by atoms with Crippen molar-refractivity contribution in [2.45, 2.75) is 37.8 Å². The maximum absolute atomic E-state index is 15.0. The standard InChI is InChI=1S/C21H29FN4O7S/c1-14(27)23-10-16-12-26(20(28)32-16)15-3-4-19(18(22)9-15)25-7-5-21(6-8-25)31-13-17(33-21)11-24-34(2,29)30/h3-4,9,16-17,24H,5-8,10-13H2,1-2H3,(H,23,27). The highest BCUT2D eigenvalue weighted by molar-refractivity contribution is 7.88. The lowest BCUT2D eigenvalue weighted by molar-refractivity contribution is -0.179. The number of cyclic esters (lactones) is 1. The Morgan fingerprint density at radius 3 is 2.62 bits per heavy atom. The van der Waals surface area contributed by atoms with Crippen LogP contribution in [-0.2, 0) is 29.0 Å². The fourth-order valence-corrected chi connectivity index (χ4v) is 4.82. The molecule has 2 unspecified atom stereocenters. The molecule has 0 radical (unpaired) electrons. The Bertz CT molecular complexity index is 1050. The van der Waals surface area contributed by atoms with Gasteiger partial charge >= 0.3 is 6.09 Å². The minimum absolute atomic E-state index is 0.144. The molecule has 0 aromatic heterocycles. The van der Waals surface area contributed by atoms with Crippen molar-refractivity contribution >= 4 is 33.4 Å². The summed E-state index contributed by atoms with van der Waals surface area (Å²) in [6.45, 7) is 3.22. The predicted octanol–water partition coefficient (Wildman–Crippen LogP) is 0.548. The van der Waals surface area contributed by atoms with Gasteiger partial charge in [-0.2, -0.15) is 0 Å². The van der Waals surface area contributed by atoms with Crippen molar-refractivity contribution in [3.8, 4) is 0 Å². The van der Waals surface area contributed by atoms with Gasteiger partial charge < -0.3 is 24.4 Å². The second-order valence-electron chi connectivity index (χ2n) is 8.76. The molecule has 188 valence electrons. The number of ether oxygens (including phenoxy) is 3. The van der Waals surface area contributed by atoms with E-state index in [2.05, 4.69) is 10.0 Å². The fourth-order valence-electron chi connectivity index (χ4n) is 4.33. The van der Waals surface area contributed by atoms with Crippen LogP contribution in [0.25, 0.3) is 0 Å². The molecule has 1 aromatic carbocycles. The highest BCUT2D eigenvalue weighted by Gasteiger charge is 2.44. The lowest BCUT2D eigenvalue weighted by Crippen LogP contribution is -2.46. The zero-order chi connectivity index (χ0) is 24.5. The number of benzene rings is 1. The van der Waals surface area contributed by atoms with Crippen LogP contribution in [0.2, 0.25) is 0 Å². The van der Waals surface area contributed by atoms with E-state index in [1.165, 1.54) is 17.9 Å². The number of sulfonamides is 1. The number of carbonyl (C=O) groups is 2. The van der Waals surface area contributed by atoms with Gasteiger partial charge in [-0.25, -0.2) is 22.3 Å². The van der Waals surface area contributed by atoms with E-state index in [-0.39, 0.29) is 31.6 Å². The van der Waals surface area contributed by atoms with Gasteiger partial charge in [-0.1, -0.05) is 0 Å². The third-order valence-corrected chi connectivity index (χ3v) is 6.74. The van der Waals surface area contributed by atoms with Crippen LogP contribution in [0.1, 0.15) is 19.8 Å². The van der Waals surface area contributed by atoms with Crippen molar-refractivity contribution in [1.29, 1.82) is 0 Å². The van der Waals surface area contributed by atoms with Crippen LogP contribution in [0.4, 0.5) is 20.6 Å². The summed E-state index contributed by atoms with van der Waals surface area (Å²) in [5.41, 5.74) is 0.794. The average molecular weight is 501 g/mol. The smallest absolute Gasteiger partial charge is 0.414 e. The first-order valence-electron chi connectivity index (χ1n) is 11.1. The van der Waals surface area contributed by atoms with Crippen LogP contribution in [0, 0.1) is 5.82 Å². The number of carbonyl (C=O) groups excluding carboxylic acids is 2. The Morgan fingerprint density at radius 2 is 1.97 bits per heavy atom. The van der Waals surface area contributed by atoms with Gasteiger partial charge in [0.2, 0.25) is 15.9 Å². The van der Waals surface area contributed by atoms with Crippen LogP contribution < -0.4 is 19.8 Å². The van der Waals surface area contributed by atoms with Gasteiger partial charge in [0.25, 0.3) is 0 Å². The first kappa shape index (κ1) is 24.6. The Kier molecular flexibility index (Phi) is 6.99. The summed E-state index contributed by atoms with van der Waals surface area (Å²) >= 11 is 0. The summed E-state index contributed by atoms with van der Waals surface area (Å²) in [5, 5.41) is 2.61. The molecule has 34 heavy (non-hydrogen) atoms. The maximum atomic E-state index is 15.0. The van der Waals surface area contributed by atoms with Gasteiger partial charge in [0.05, 0.1) is 43.4 Å². The minimum Gasteiger partial charge on any atom is -0.442 e. The molecule has 0 saturated carbocycles. The number of hydrogen-bond acceptors (Lipinski definition) is 8. The van der Waals surface area contributed by atoms with E-state index in [0.29, 0.717) is 43.9 Å². The summed E-state index contributed by atoms with van der Waals surface area (Å²) in [4.78, 5) is 26.5. The van der Waals surface area contributed by atoms with E-state index in [4.69, 9.17) is 14.2 Å². The lowest BCUT2D eigenvalue weighted by atomic mass is 10.0. The van der Waals surface area contributed by atoms with Gasteiger partial charge in [-0.3, -0.25) is 9.69 Å². The third kappa shape index (κ3) is 5.77. The second-order valence-corrected chi connectivity index (χ2v) is 10.6. The van der Waals surface area contributed by atoms with E-state index in [1.54, 1.807) is 12.1 Å². The van der Waals surface area contributed by atoms with E-state index >= 15 is 4.39 Å². The summed E-state index contributed by atoms with van der Waals surface area (Å²) in [5.74, 6) is -1.48. The molecule has 3 fully saturated rings. The van der Waals surface area contributed by atoms with E-state index in [9.17, 15) is 18.0 Å². The number of amides is 2. The molecular formula is C21H29FN4O7S. The van der Waals surface area contributed by atoms with Crippen LogP contribution in [0.5, 0.6) is 0 Å². The van der Waals surface area contributed by atoms with Crippen molar-refractivity contribution in [2.75, 3.05) is 55.4 Å². The molecule has 4 rings (SSSR count). The Balaban J connectivity index is 1.33. The third-order valence-electron chi connectivity index (χ3n) is 6.05. The van der Waals surface area contributed by atoms with E-state index in [0.717, 1.165) is 6.26 Å². The zero-order valence-corrected chi connectivity index (χ0v) is 19.9. The molecule has 0 aliphatic carbocycles. The van der Waals surface area contributed by atoms with Crippen molar-refractivity contribution in [3.63, 3.8) is 0 Å². The maximum Gasteiger partial charge on any atom is 0.414 e. The molecular weight excluding hydrogens is 471 g/mol. The number of rotatable bonds is 7. The molecule has 2 N–H and O–H groups in total. The summed E-state index contributed by atoms with van der Waals surface area (Å²) in [7, 11) is -3.31. The molecule has 1 spiro atoms. The van der Waals surface area contributed by atoms with Crippen molar-refractivity contribution in [3.05, 3.63) is 24.0 Å². The largest absolute Gasteiger partial charge is 0.442 e. The van der Waals surface area contributed by atoms with Gasteiger partial charge in [-0.05, 0) is 18.2 Å². The fraction of sp³-hybridized carbons (Fsp3) is 0.619. The molecule has 2 atom stereocenters. The normalized spacial score (nSPS) is 24.5. The topological polar surface area (TPSA) is 127 Å². The molecule has 3 aliphatic heterocycles. The molecule has 1 aromatic rings. The van der Waals surface area contributed by atoms with Gasteiger partial charge in [-0.15, -0.1) is 0 Å². The quantitative estimate of drug-likeness (QED) is 0.556. The molecule has 3 saturated heterocycles. The number of anilines is 2. The molecule has 11 nitrogen and oxygen atoms in total. The van der Waals surface area contributed by atoms with Crippen LogP contribution in [0.3, 0.4) is 0 Å². The van der Waals surface area contributed by atoms with Gasteiger partial charge in [0.15, 0.2) is 5.79 Å². The Hall–Kier alpha value is -2.48. The van der Waals surface area contributed by atoms with Gasteiger partial charge in [0, 0.05) is 39.4 Å². The summed E-state index contributed by atoms with van der Waals surface area (Å²) in [6.07, 6.45) is 0.651. The lowest BCUT2D eigenvalue weighted by Gasteiger charge is -2.39. The monoisotopic (exact) mass is 500 g/mol. The second kappa shape index (κ2) is 9.64. The number of hydrogen-bond donors (Lipinski definition) is 2. The first-order valence-corrected chi connectivity index (χ1v) is 13.0. The number of nitrogens with zero attached hydrogens (tertiary/aromatic N) is 2. The molecule has 2 amide bonds. The summed E-state index contributed by atoms with van der Waals surface area (Å²) < 4.78 is 57.1. The molecule has 3 aliphatic rings. The Labute approximate surface area is 197 Å². The highest BCUT2D eigenvalue weighted by Crippen LogP contribution is 2.37. The van der Waals surface area contributed by atoms with Crippen molar-refractivity contribution < 1.29 is 36.6 Å². The first-order chi connectivity index (χ1) is 16.0. The number of nitrogens with one attached hydrogen (secondary N) is 2. The predicted molar refractivity (Wildman–Crippen MR) is 121 cm³/mol. The highest BCUT2D eigenvalue weighted by atomic mass is 32.2. The minimum atomic E-state index is -3.31. The van der Waals surface area contributed by atoms with E-state index < -0.39 is 33.8 Å². The number of halogens is 1. The van der Waals surface area contributed by atoms with E-state index in [1.807, 2.05) is 4.90 Å². The van der Waals surface area contributed by atoms with Crippen LogP contribution >= 0.6 is 0 Å². The SMILES string of the molecule is CC(=O)NCC1CN(c2ccc(N3CCC4(CC3)OCC(CNS(C)(=O)=O)O4)c(F)c2)C(=O)O1. The molecule has 13 heteroatoms. The molecule has 3 heterocycles. The summed E-state index contributed by atoms with van der Waals surface area (Å²) in [6, 6.07) is 4.60. The number of piperidine rings is 1. The average Bonchev–Trinajstić information content (AvgIpc) is 3.34. The van der Waals surface area contributed by atoms with Crippen LogP contribution in [-0.4, -0.2) is 84.0 Å². The molecule has 0 bridgehead atoms. The van der Waals surface area contributed by atoms with Crippen LogP contribution in [0.15, 0.2) is 18.2 Å². The Morgan fingerprint density at radius 1 is 1.24 bits per heavy atom. The van der Waals surface area contributed by atoms with Crippen molar-refractivity contribution in [2.24, 2.45) is 0 Å². The zero-order valence-electron chi connectivity index (χ0n) is 19.1. The van der Waals surface area contributed by atoms with Crippen molar-refractivity contribution in [1.82, 2.24) is 10.0 Å².